The van der Waals surface area contributed by atoms with Crippen LogP contribution in [0.25, 0.3) is 22.3 Å². The second-order valence-electron chi connectivity index (χ2n) is 9.73. The highest BCUT2D eigenvalue weighted by Crippen LogP contribution is 2.27. The van der Waals surface area contributed by atoms with E-state index in [2.05, 4.69) is 15.1 Å². The molecule has 0 aliphatic carbocycles. The van der Waals surface area contributed by atoms with Gasteiger partial charge >= 0.3 is 0 Å². The van der Waals surface area contributed by atoms with Crippen molar-refractivity contribution in [2.75, 3.05) is 31.7 Å². The summed E-state index contributed by atoms with van der Waals surface area (Å²) in [5.41, 5.74) is 7.18. The number of hydrogen-bond acceptors (Lipinski definition) is 7. The molecule has 1 aromatic carbocycles. The Morgan fingerprint density at radius 1 is 1.03 bits per heavy atom. The molecule has 4 aromatic rings. The van der Waals surface area contributed by atoms with E-state index in [4.69, 9.17) is 9.97 Å². The van der Waals surface area contributed by atoms with Crippen molar-refractivity contribution < 1.29 is 13.2 Å². The lowest BCUT2D eigenvalue weighted by Crippen LogP contribution is -2.27. The Morgan fingerprint density at radius 2 is 1.79 bits per heavy atom. The quantitative estimate of drug-likeness (QED) is 0.290. The van der Waals surface area contributed by atoms with Crippen LogP contribution in [0.5, 0.6) is 0 Å². The van der Waals surface area contributed by atoms with Gasteiger partial charge in [-0.3, -0.25) is 9.48 Å². The van der Waals surface area contributed by atoms with Crippen molar-refractivity contribution in [3.63, 3.8) is 0 Å². The number of hydrogen-bond donors (Lipinski definition) is 2. The monoisotopic (exact) mass is 549 g/mol. The zero-order chi connectivity index (χ0) is 28.3. The minimum absolute atomic E-state index is 0.105. The average molecular weight is 550 g/mol. The van der Waals surface area contributed by atoms with Crippen molar-refractivity contribution in [1.29, 1.82) is 0 Å². The maximum absolute atomic E-state index is 13.8. The molecule has 0 spiro atoms. The lowest BCUT2D eigenvalue weighted by molar-refractivity contribution is 0.0787. The summed E-state index contributed by atoms with van der Waals surface area (Å²) in [6.45, 7) is 9.84. The Labute approximate surface area is 229 Å². The Balaban J connectivity index is 1.64. The predicted octanol–water partition coefficient (Wildman–Crippen LogP) is 3.67. The van der Waals surface area contributed by atoms with E-state index in [0.29, 0.717) is 30.0 Å². The molecule has 10 nitrogen and oxygen atoms in total. The van der Waals surface area contributed by atoms with Gasteiger partial charge in [-0.15, -0.1) is 0 Å². The normalized spacial score (nSPS) is 11.6. The molecule has 3 aromatic heterocycles. The molecule has 0 saturated heterocycles. The molecule has 1 amide bonds. The van der Waals surface area contributed by atoms with Crippen LogP contribution >= 0.6 is 0 Å². The van der Waals surface area contributed by atoms with Crippen LogP contribution in [0.4, 0.5) is 5.69 Å². The molecule has 0 fully saturated rings. The van der Waals surface area contributed by atoms with Crippen LogP contribution in [0, 0.1) is 20.8 Å². The first-order chi connectivity index (χ1) is 18.5. The minimum atomic E-state index is -3.24. The second kappa shape index (κ2) is 11.5. The number of anilines is 1. The van der Waals surface area contributed by atoms with E-state index in [0.717, 1.165) is 51.9 Å². The molecule has 0 atom stereocenters. The molecule has 0 aliphatic heterocycles. The number of amides is 1. The van der Waals surface area contributed by atoms with Crippen molar-refractivity contribution in [3.05, 3.63) is 70.7 Å². The molecule has 0 saturated carbocycles. The van der Waals surface area contributed by atoms with Crippen LogP contribution < -0.4 is 10.0 Å². The van der Waals surface area contributed by atoms with Crippen molar-refractivity contribution in [1.82, 2.24) is 29.4 Å². The highest BCUT2D eigenvalue weighted by molar-refractivity contribution is 7.88. The van der Waals surface area contributed by atoms with Crippen molar-refractivity contribution >= 4 is 32.5 Å². The van der Waals surface area contributed by atoms with Crippen molar-refractivity contribution in [3.8, 4) is 11.4 Å². The zero-order valence-electron chi connectivity index (χ0n) is 23.2. The second-order valence-corrected chi connectivity index (χ2v) is 11.6. The summed E-state index contributed by atoms with van der Waals surface area (Å²) in [5.74, 6) is -0.105. The summed E-state index contributed by atoms with van der Waals surface area (Å²) >= 11 is 0. The molecule has 0 bridgehead atoms. The van der Waals surface area contributed by atoms with Crippen LogP contribution in [-0.4, -0.2) is 65.4 Å². The van der Waals surface area contributed by atoms with Gasteiger partial charge in [0.15, 0.2) is 0 Å². The van der Waals surface area contributed by atoms with Gasteiger partial charge in [0.1, 0.15) is 0 Å². The topological polar surface area (TPSA) is 122 Å². The van der Waals surface area contributed by atoms with Gasteiger partial charge < -0.3 is 10.2 Å². The number of carbonyl (C=O) groups excluding carboxylic acids is 1. The number of fused-ring (bicyclic) bond motifs is 1. The fourth-order valence-corrected chi connectivity index (χ4v) is 4.94. The number of aryl methyl sites for hydroxylation is 3. The van der Waals surface area contributed by atoms with E-state index >= 15 is 0 Å². The Bertz CT molecular complexity index is 1630. The van der Waals surface area contributed by atoms with Crippen LogP contribution in [-0.2, 0) is 23.1 Å². The van der Waals surface area contributed by atoms with E-state index in [1.165, 1.54) is 0 Å². The molecule has 0 radical (unpaired) electrons. The van der Waals surface area contributed by atoms with Gasteiger partial charge in [-0.2, -0.15) is 5.10 Å². The summed E-state index contributed by atoms with van der Waals surface area (Å²) in [4.78, 5) is 25.0. The van der Waals surface area contributed by atoms with Crippen molar-refractivity contribution in [2.45, 2.75) is 40.8 Å². The van der Waals surface area contributed by atoms with E-state index in [-0.39, 0.29) is 12.5 Å². The lowest BCUT2D eigenvalue weighted by atomic mass is 10.0. The molecule has 0 aliphatic rings. The fraction of sp³-hybridized carbons (Fsp3) is 0.357. The summed E-state index contributed by atoms with van der Waals surface area (Å²) in [6, 6.07) is 11.5. The highest BCUT2D eigenvalue weighted by Gasteiger charge is 2.20. The number of pyridine rings is 2. The Kier molecular flexibility index (Phi) is 8.31. The number of nitrogens with one attached hydrogen (secondary N) is 2. The van der Waals surface area contributed by atoms with Crippen LogP contribution in [0.3, 0.4) is 0 Å². The van der Waals surface area contributed by atoms with E-state index in [1.54, 1.807) is 11.9 Å². The Morgan fingerprint density at radius 3 is 2.46 bits per heavy atom. The van der Waals surface area contributed by atoms with Gasteiger partial charge in [0.2, 0.25) is 10.0 Å². The summed E-state index contributed by atoms with van der Waals surface area (Å²) in [7, 11) is -1.44. The number of aromatic nitrogens is 4. The third-order valence-corrected chi connectivity index (χ3v) is 7.33. The maximum Gasteiger partial charge on any atom is 0.254 e. The van der Waals surface area contributed by atoms with Gasteiger partial charge in [0.25, 0.3) is 5.91 Å². The van der Waals surface area contributed by atoms with Gasteiger partial charge in [-0.25, -0.2) is 23.1 Å². The maximum atomic E-state index is 13.8. The zero-order valence-corrected chi connectivity index (χ0v) is 24.1. The van der Waals surface area contributed by atoms with E-state index in [1.807, 2.05) is 75.0 Å². The molecular formula is C28H35N7O3S. The third-order valence-electron chi connectivity index (χ3n) is 6.61. The molecule has 206 valence electrons. The summed E-state index contributed by atoms with van der Waals surface area (Å²) < 4.78 is 26.9. The average Bonchev–Trinajstić information content (AvgIpc) is 3.24. The fourth-order valence-electron chi connectivity index (χ4n) is 4.46. The first-order valence-corrected chi connectivity index (χ1v) is 14.7. The smallest absolute Gasteiger partial charge is 0.254 e. The number of benzene rings is 1. The Hall–Kier alpha value is -3.83. The van der Waals surface area contributed by atoms with Gasteiger partial charge in [-0.05, 0) is 58.0 Å². The summed E-state index contributed by atoms with van der Waals surface area (Å²) in [6.07, 6.45) is 2.95. The number of nitrogens with zero attached hydrogens (tertiary/aromatic N) is 5. The van der Waals surface area contributed by atoms with Crippen LogP contribution in [0.1, 0.15) is 39.8 Å². The van der Waals surface area contributed by atoms with Gasteiger partial charge in [-0.1, -0.05) is 11.6 Å². The van der Waals surface area contributed by atoms with Crippen LogP contribution in [0.2, 0.25) is 0 Å². The SMILES string of the molecule is CCn1ncc(CN(C)C(=O)c2cc(-c3ccc(NCCNS(C)(=O)=O)c(C)n3)nc3ccc(C)cc23)c1C. The molecule has 0 unspecified atom stereocenters. The number of sulfonamides is 1. The molecule has 2 N–H and O–H groups in total. The first-order valence-electron chi connectivity index (χ1n) is 12.8. The van der Waals surface area contributed by atoms with Gasteiger partial charge in [0, 0.05) is 49.9 Å². The van der Waals surface area contributed by atoms with Gasteiger partial charge in [0.05, 0.1) is 46.3 Å². The molecular weight excluding hydrogens is 514 g/mol. The minimum Gasteiger partial charge on any atom is -0.382 e. The summed E-state index contributed by atoms with van der Waals surface area (Å²) in [5, 5.41) is 8.41. The first kappa shape index (κ1) is 28.2. The van der Waals surface area contributed by atoms with E-state index < -0.39 is 10.0 Å². The van der Waals surface area contributed by atoms with Crippen LogP contribution in [0.15, 0.2) is 42.6 Å². The predicted molar refractivity (Wildman–Crippen MR) is 154 cm³/mol. The standard InChI is InChI=1S/C28H35N7O3S/c1-7-35-20(4)21(16-30-35)17-34(5)28(36)23-15-27(33-25-9-8-18(2)14-22(23)25)26-11-10-24(19(3)32-26)29-12-13-31-39(6,37)38/h8-11,14-16,29,31H,7,12-13,17H2,1-6H3. The lowest BCUT2D eigenvalue weighted by Gasteiger charge is -2.19. The largest absolute Gasteiger partial charge is 0.382 e. The molecule has 11 heteroatoms. The molecule has 39 heavy (non-hydrogen) atoms. The number of rotatable bonds is 10. The van der Waals surface area contributed by atoms with E-state index in [9.17, 15) is 13.2 Å². The number of carbonyl (C=O) groups is 1. The third kappa shape index (κ3) is 6.61. The molecule has 3 heterocycles. The van der Waals surface area contributed by atoms with Crippen molar-refractivity contribution in [2.24, 2.45) is 0 Å². The molecule has 4 rings (SSSR count). The highest BCUT2D eigenvalue weighted by atomic mass is 32.2.